The van der Waals surface area contributed by atoms with Crippen LogP contribution in [0.25, 0.3) is 0 Å². The van der Waals surface area contributed by atoms with Crippen molar-refractivity contribution in [3.05, 3.63) is 28.6 Å². The predicted molar refractivity (Wildman–Crippen MR) is 66.5 cm³/mol. The first-order chi connectivity index (χ1) is 8.13. The highest BCUT2D eigenvalue weighted by Crippen LogP contribution is 2.33. The van der Waals surface area contributed by atoms with Gasteiger partial charge in [0, 0.05) is 0 Å². The van der Waals surface area contributed by atoms with Gasteiger partial charge >= 0.3 is 5.97 Å². The number of carbonyl (C=O) groups excluding carboxylic acids is 1. The van der Waals surface area contributed by atoms with Gasteiger partial charge in [0.15, 0.2) is 0 Å². The molecular formula is C13H16ClNO2. The lowest BCUT2D eigenvalue weighted by Gasteiger charge is -2.13. The summed E-state index contributed by atoms with van der Waals surface area (Å²) < 4.78 is 4.75. The topological polar surface area (TPSA) is 39.2 Å². The Morgan fingerprint density at radius 3 is 3.00 bits per heavy atom. The molecule has 1 aromatic rings. The molecule has 17 heavy (non-hydrogen) atoms. The number of halogens is 1. The summed E-state index contributed by atoms with van der Waals surface area (Å²) >= 11 is 6.31. The molecular weight excluding hydrogens is 238 g/mol. The Hall–Kier alpha value is -1.09. The number of ether oxygens (including phenoxy) is 1. The van der Waals surface area contributed by atoms with Crippen LogP contribution in [0.5, 0.6) is 0 Å². The number of hydrogen-bond acceptors (Lipinski definition) is 3. The number of methoxy groups -OCH3 is 1. The summed E-state index contributed by atoms with van der Waals surface area (Å²) in [6.07, 6.45) is 4.10. The van der Waals surface area contributed by atoms with Crippen molar-refractivity contribution in [1.82, 2.24) is 4.98 Å². The Kier molecular flexibility index (Phi) is 3.67. The minimum absolute atomic E-state index is 0.0297. The lowest BCUT2D eigenvalue weighted by Crippen LogP contribution is -2.09. The molecule has 92 valence electrons. The third-order valence-corrected chi connectivity index (χ3v) is 3.61. The zero-order valence-corrected chi connectivity index (χ0v) is 10.9. The summed E-state index contributed by atoms with van der Waals surface area (Å²) in [5.41, 5.74) is 3.28. The van der Waals surface area contributed by atoms with Crippen molar-refractivity contribution >= 4 is 17.6 Å². The SMILES string of the molecule is COC(=O)c1cc2c(nc1C)C(Cl)CCCC2. The second kappa shape index (κ2) is 5.05. The monoisotopic (exact) mass is 253 g/mol. The van der Waals surface area contributed by atoms with Crippen LogP contribution in [0.4, 0.5) is 0 Å². The van der Waals surface area contributed by atoms with Gasteiger partial charge in [-0.25, -0.2) is 4.79 Å². The maximum Gasteiger partial charge on any atom is 0.339 e. The zero-order chi connectivity index (χ0) is 12.4. The summed E-state index contributed by atoms with van der Waals surface area (Å²) in [5.74, 6) is -0.326. The third kappa shape index (κ3) is 2.44. The van der Waals surface area contributed by atoms with Crippen LogP contribution in [-0.4, -0.2) is 18.1 Å². The molecule has 0 N–H and O–H groups in total. The molecule has 1 aromatic heterocycles. The molecule has 3 nitrogen and oxygen atoms in total. The first kappa shape index (κ1) is 12.4. The number of alkyl halides is 1. The molecule has 0 saturated carbocycles. The number of aromatic nitrogens is 1. The van der Waals surface area contributed by atoms with Gasteiger partial charge in [-0.15, -0.1) is 11.6 Å². The molecule has 0 radical (unpaired) electrons. The largest absolute Gasteiger partial charge is 0.465 e. The average molecular weight is 254 g/mol. The van der Waals surface area contributed by atoms with Crippen LogP contribution in [0.3, 0.4) is 0 Å². The number of hydrogen-bond donors (Lipinski definition) is 0. The highest BCUT2D eigenvalue weighted by Gasteiger charge is 2.21. The van der Waals surface area contributed by atoms with Gasteiger partial charge in [-0.3, -0.25) is 4.98 Å². The van der Waals surface area contributed by atoms with Gasteiger partial charge in [-0.05, 0) is 37.8 Å². The van der Waals surface area contributed by atoms with E-state index in [4.69, 9.17) is 16.3 Å². The van der Waals surface area contributed by atoms with E-state index in [1.54, 1.807) is 0 Å². The highest BCUT2D eigenvalue weighted by molar-refractivity contribution is 6.20. The minimum Gasteiger partial charge on any atom is -0.465 e. The summed E-state index contributed by atoms with van der Waals surface area (Å²) in [7, 11) is 1.39. The van der Waals surface area contributed by atoms with Crippen LogP contribution in [0.1, 0.15) is 51.9 Å². The van der Waals surface area contributed by atoms with Crippen LogP contribution < -0.4 is 0 Å². The van der Waals surface area contributed by atoms with Crippen LogP contribution in [0.2, 0.25) is 0 Å². The normalized spacial score (nSPS) is 19.4. The fraction of sp³-hybridized carbons (Fsp3) is 0.538. The van der Waals surface area contributed by atoms with Crippen molar-refractivity contribution in [2.75, 3.05) is 7.11 Å². The molecule has 1 aliphatic carbocycles. The van der Waals surface area contributed by atoms with Crippen molar-refractivity contribution in [3.8, 4) is 0 Å². The second-order valence-corrected chi connectivity index (χ2v) is 4.90. The number of rotatable bonds is 1. The number of aryl methyl sites for hydroxylation is 2. The van der Waals surface area contributed by atoms with E-state index in [0.29, 0.717) is 11.3 Å². The van der Waals surface area contributed by atoms with E-state index in [1.807, 2.05) is 13.0 Å². The quantitative estimate of drug-likeness (QED) is 0.438. The molecule has 0 spiro atoms. The lowest BCUT2D eigenvalue weighted by molar-refractivity contribution is 0.0599. The number of fused-ring (bicyclic) bond motifs is 1. The van der Waals surface area contributed by atoms with Crippen LogP contribution >= 0.6 is 11.6 Å². The first-order valence-electron chi connectivity index (χ1n) is 5.86. The van der Waals surface area contributed by atoms with E-state index in [9.17, 15) is 4.79 Å². The molecule has 0 amide bonds. The maximum absolute atomic E-state index is 11.6. The number of carbonyl (C=O) groups is 1. The van der Waals surface area contributed by atoms with Gasteiger partial charge in [0.05, 0.1) is 29.4 Å². The van der Waals surface area contributed by atoms with E-state index in [0.717, 1.165) is 36.9 Å². The fourth-order valence-electron chi connectivity index (χ4n) is 2.23. The lowest BCUT2D eigenvalue weighted by atomic mass is 10.0. The van der Waals surface area contributed by atoms with Crippen molar-refractivity contribution in [2.45, 2.75) is 38.0 Å². The standard InChI is InChI=1S/C13H16ClNO2/c1-8-10(13(16)17-2)7-9-5-3-4-6-11(14)12(9)15-8/h7,11H,3-6H2,1-2H3. The Balaban J connectivity index is 2.48. The van der Waals surface area contributed by atoms with E-state index in [2.05, 4.69) is 4.98 Å². The van der Waals surface area contributed by atoms with Crippen LogP contribution in [0.15, 0.2) is 6.07 Å². The Bertz CT molecular complexity index is 445. The second-order valence-electron chi connectivity index (χ2n) is 4.37. The molecule has 0 aromatic carbocycles. The molecule has 0 bridgehead atoms. The van der Waals surface area contributed by atoms with Gasteiger partial charge in [0.2, 0.25) is 0 Å². The third-order valence-electron chi connectivity index (χ3n) is 3.18. The summed E-state index contributed by atoms with van der Waals surface area (Å²) in [5, 5.41) is -0.0297. The molecule has 1 unspecified atom stereocenters. The molecule has 1 atom stereocenters. The minimum atomic E-state index is -0.326. The van der Waals surface area contributed by atoms with Gasteiger partial charge in [0.1, 0.15) is 0 Å². The van der Waals surface area contributed by atoms with Gasteiger partial charge < -0.3 is 4.74 Å². The number of esters is 1. The van der Waals surface area contributed by atoms with Gasteiger partial charge in [0.25, 0.3) is 0 Å². The Morgan fingerprint density at radius 2 is 2.29 bits per heavy atom. The van der Waals surface area contributed by atoms with Crippen molar-refractivity contribution in [3.63, 3.8) is 0 Å². The Morgan fingerprint density at radius 1 is 1.53 bits per heavy atom. The first-order valence-corrected chi connectivity index (χ1v) is 6.30. The number of pyridine rings is 1. The fourth-order valence-corrected chi connectivity index (χ4v) is 2.57. The van der Waals surface area contributed by atoms with Crippen molar-refractivity contribution in [1.29, 1.82) is 0 Å². The highest BCUT2D eigenvalue weighted by atomic mass is 35.5. The molecule has 4 heteroatoms. The van der Waals surface area contributed by atoms with Crippen molar-refractivity contribution < 1.29 is 9.53 Å². The molecule has 0 aliphatic heterocycles. The summed E-state index contributed by atoms with van der Waals surface area (Å²) in [6.45, 7) is 1.82. The van der Waals surface area contributed by atoms with E-state index in [1.165, 1.54) is 7.11 Å². The van der Waals surface area contributed by atoms with Crippen molar-refractivity contribution in [2.24, 2.45) is 0 Å². The summed E-state index contributed by atoms with van der Waals surface area (Å²) in [4.78, 5) is 16.1. The molecule has 1 aliphatic rings. The summed E-state index contributed by atoms with van der Waals surface area (Å²) in [6, 6.07) is 1.89. The van der Waals surface area contributed by atoms with Gasteiger partial charge in [-0.1, -0.05) is 6.42 Å². The Labute approximate surface area is 106 Å². The molecule has 0 saturated heterocycles. The van der Waals surface area contributed by atoms with E-state index in [-0.39, 0.29) is 11.3 Å². The number of nitrogens with zero attached hydrogens (tertiary/aromatic N) is 1. The van der Waals surface area contributed by atoms with Gasteiger partial charge in [-0.2, -0.15) is 0 Å². The van der Waals surface area contributed by atoms with E-state index >= 15 is 0 Å². The molecule has 0 fully saturated rings. The van der Waals surface area contributed by atoms with E-state index < -0.39 is 0 Å². The maximum atomic E-state index is 11.6. The molecule has 2 rings (SSSR count). The zero-order valence-electron chi connectivity index (χ0n) is 10.1. The van der Waals surface area contributed by atoms with Crippen LogP contribution in [-0.2, 0) is 11.2 Å². The average Bonchev–Trinajstić information content (AvgIpc) is 2.50. The van der Waals surface area contributed by atoms with Crippen LogP contribution in [0, 0.1) is 6.92 Å². The molecule has 1 heterocycles. The smallest absolute Gasteiger partial charge is 0.339 e. The predicted octanol–water partition coefficient (Wildman–Crippen LogP) is 3.18.